The number of hydrogen-bond acceptors (Lipinski definition) is 3. The molecule has 0 aromatic rings. The lowest BCUT2D eigenvalue weighted by molar-refractivity contribution is -0.146. The number of aliphatic hydroxyl groups excluding tert-OH is 2. The van der Waals surface area contributed by atoms with Gasteiger partial charge in [-0.2, -0.15) is 0 Å². The standard InChI is InChI=1S/C6H12O4/c1-2-4(6(9)10)5(8)3-7/h4-5,7-8H,2-3H2,1H3,(H,9,10)/t4-,5?/m0/s1. The third kappa shape index (κ3) is 2.33. The summed E-state index contributed by atoms with van der Waals surface area (Å²) in [6.07, 6.45) is -0.806. The molecule has 0 rings (SSSR count). The van der Waals surface area contributed by atoms with Gasteiger partial charge in [0.1, 0.15) is 0 Å². The van der Waals surface area contributed by atoms with Gasteiger partial charge in [0.25, 0.3) is 0 Å². The van der Waals surface area contributed by atoms with Gasteiger partial charge in [-0.05, 0) is 6.42 Å². The molecular weight excluding hydrogens is 136 g/mol. The Hall–Kier alpha value is -0.610. The van der Waals surface area contributed by atoms with E-state index in [1.54, 1.807) is 6.92 Å². The van der Waals surface area contributed by atoms with Crippen LogP contribution in [0.25, 0.3) is 0 Å². The van der Waals surface area contributed by atoms with E-state index < -0.39 is 24.6 Å². The first-order valence-electron chi connectivity index (χ1n) is 3.15. The summed E-state index contributed by atoms with van der Waals surface area (Å²) >= 11 is 0. The topological polar surface area (TPSA) is 77.8 Å². The third-order valence-corrected chi connectivity index (χ3v) is 1.41. The Bertz CT molecular complexity index is 112. The van der Waals surface area contributed by atoms with E-state index in [0.717, 1.165) is 0 Å². The van der Waals surface area contributed by atoms with Gasteiger partial charge in [0.05, 0.1) is 18.6 Å². The van der Waals surface area contributed by atoms with Crippen molar-refractivity contribution >= 4 is 5.97 Å². The number of carboxylic acids is 1. The summed E-state index contributed by atoms with van der Waals surface area (Å²) < 4.78 is 0. The lowest BCUT2D eigenvalue weighted by Gasteiger charge is -2.13. The lowest BCUT2D eigenvalue weighted by atomic mass is 10.0. The van der Waals surface area contributed by atoms with Crippen molar-refractivity contribution in [3.8, 4) is 0 Å². The molecule has 0 heterocycles. The molecule has 2 atom stereocenters. The smallest absolute Gasteiger partial charge is 0.309 e. The molecule has 0 aliphatic carbocycles. The summed E-state index contributed by atoms with van der Waals surface area (Å²) in [5.41, 5.74) is 0. The second kappa shape index (κ2) is 4.24. The predicted molar refractivity (Wildman–Crippen MR) is 34.5 cm³/mol. The minimum Gasteiger partial charge on any atom is -0.481 e. The molecule has 1 unspecified atom stereocenters. The van der Waals surface area contributed by atoms with Crippen molar-refractivity contribution in [1.29, 1.82) is 0 Å². The summed E-state index contributed by atoms with van der Waals surface area (Å²) in [4.78, 5) is 10.3. The lowest BCUT2D eigenvalue weighted by Crippen LogP contribution is -2.30. The number of carboxylic acid groups (broad SMARTS) is 1. The molecule has 0 radical (unpaired) electrons. The van der Waals surface area contributed by atoms with Crippen LogP contribution in [0.2, 0.25) is 0 Å². The average Bonchev–Trinajstić information content (AvgIpc) is 1.88. The van der Waals surface area contributed by atoms with Crippen LogP contribution in [0.1, 0.15) is 13.3 Å². The first kappa shape index (κ1) is 9.39. The molecule has 0 aromatic carbocycles. The molecule has 0 saturated carbocycles. The van der Waals surface area contributed by atoms with Gasteiger partial charge >= 0.3 is 5.97 Å². The fraction of sp³-hybridized carbons (Fsp3) is 0.833. The van der Waals surface area contributed by atoms with E-state index in [2.05, 4.69) is 0 Å². The molecule has 10 heavy (non-hydrogen) atoms. The highest BCUT2D eigenvalue weighted by Crippen LogP contribution is 2.07. The number of hydrogen-bond donors (Lipinski definition) is 3. The van der Waals surface area contributed by atoms with E-state index in [9.17, 15) is 4.79 Å². The van der Waals surface area contributed by atoms with Crippen LogP contribution < -0.4 is 0 Å². The molecule has 0 bridgehead atoms. The summed E-state index contributed by atoms with van der Waals surface area (Å²) in [5, 5.41) is 25.6. The summed E-state index contributed by atoms with van der Waals surface area (Å²) in [6, 6.07) is 0. The van der Waals surface area contributed by atoms with Crippen LogP contribution in [0.4, 0.5) is 0 Å². The molecule has 3 N–H and O–H groups in total. The minimum absolute atomic E-state index is 0.330. The van der Waals surface area contributed by atoms with Gasteiger partial charge in [0.2, 0.25) is 0 Å². The quantitative estimate of drug-likeness (QED) is 0.500. The number of carbonyl (C=O) groups is 1. The summed E-state index contributed by atoms with van der Waals surface area (Å²) in [7, 11) is 0. The Morgan fingerprint density at radius 2 is 2.10 bits per heavy atom. The van der Waals surface area contributed by atoms with Crippen molar-refractivity contribution in [2.45, 2.75) is 19.4 Å². The number of rotatable bonds is 4. The zero-order valence-corrected chi connectivity index (χ0v) is 5.82. The van der Waals surface area contributed by atoms with Crippen molar-refractivity contribution in [3.63, 3.8) is 0 Å². The highest BCUT2D eigenvalue weighted by molar-refractivity contribution is 5.70. The van der Waals surface area contributed by atoms with Crippen molar-refractivity contribution in [3.05, 3.63) is 0 Å². The summed E-state index contributed by atoms with van der Waals surface area (Å²) in [6.45, 7) is 1.16. The predicted octanol–water partition coefficient (Wildman–Crippen LogP) is -0.550. The molecule has 0 spiro atoms. The Balaban J connectivity index is 3.92. The molecule has 0 saturated heterocycles. The number of aliphatic hydroxyl groups is 2. The van der Waals surface area contributed by atoms with E-state index >= 15 is 0 Å². The first-order chi connectivity index (χ1) is 4.63. The Kier molecular flexibility index (Phi) is 3.99. The Labute approximate surface area is 59.1 Å². The van der Waals surface area contributed by atoms with E-state index in [-0.39, 0.29) is 0 Å². The van der Waals surface area contributed by atoms with Crippen LogP contribution in [0.15, 0.2) is 0 Å². The first-order valence-corrected chi connectivity index (χ1v) is 3.15. The van der Waals surface area contributed by atoms with Gasteiger partial charge < -0.3 is 15.3 Å². The maximum Gasteiger partial charge on any atom is 0.309 e. The van der Waals surface area contributed by atoms with Crippen molar-refractivity contribution in [2.75, 3.05) is 6.61 Å². The van der Waals surface area contributed by atoms with Gasteiger partial charge in [-0.25, -0.2) is 0 Å². The molecule has 0 fully saturated rings. The van der Waals surface area contributed by atoms with E-state index in [1.807, 2.05) is 0 Å². The van der Waals surface area contributed by atoms with E-state index in [1.165, 1.54) is 0 Å². The van der Waals surface area contributed by atoms with Gasteiger partial charge in [-0.1, -0.05) is 6.92 Å². The van der Waals surface area contributed by atoms with Gasteiger partial charge in [-0.15, -0.1) is 0 Å². The molecule has 0 aliphatic rings. The fourth-order valence-corrected chi connectivity index (χ4v) is 0.739. The highest BCUT2D eigenvalue weighted by atomic mass is 16.4. The molecular formula is C6H12O4. The minimum atomic E-state index is -1.14. The van der Waals surface area contributed by atoms with Crippen molar-refractivity contribution < 1.29 is 20.1 Å². The van der Waals surface area contributed by atoms with Crippen LogP contribution in [0.3, 0.4) is 0 Å². The van der Waals surface area contributed by atoms with E-state index in [0.29, 0.717) is 6.42 Å². The van der Waals surface area contributed by atoms with Crippen LogP contribution >= 0.6 is 0 Å². The van der Waals surface area contributed by atoms with Crippen molar-refractivity contribution in [1.82, 2.24) is 0 Å². The average molecular weight is 148 g/mol. The van der Waals surface area contributed by atoms with Gasteiger partial charge in [0, 0.05) is 0 Å². The molecule has 60 valence electrons. The zero-order chi connectivity index (χ0) is 8.15. The molecule has 0 amide bonds. The molecule has 4 nitrogen and oxygen atoms in total. The van der Waals surface area contributed by atoms with Crippen LogP contribution in [0, 0.1) is 5.92 Å². The van der Waals surface area contributed by atoms with Crippen LogP contribution in [0.5, 0.6) is 0 Å². The second-order valence-electron chi connectivity index (χ2n) is 2.10. The van der Waals surface area contributed by atoms with Gasteiger partial charge in [-0.3, -0.25) is 4.79 Å². The fourth-order valence-electron chi connectivity index (χ4n) is 0.739. The largest absolute Gasteiger partial charge is 0.481 e. The van der Waals surface area contributed by atoms with Crippen LogP contribution in [-0.4, -0.2) is 34.0 Å². The SMILES string of the molecule is CC[C@H](C(=O)O)C(O)CO. The third-order valence-electron chi connectivity index (χ3n) is 1.41. The molecule has 0 aliphatic heterocycles. The van der Waals surface area contributed by atoms with Crippen LogP contribution in [-0.2, 0) is 4.79 Å². The van der Waals surface area contributed by atoms with Gasteiger partial charge in [0.15, 0.2) is 0 Å². The normalized spacial score (nSPS) is 16.3. The summed E-state index contributed by atoms with van der Waals surface area (Å²) in [5.74, 6) is -1.91. The Morgan fingerprint density at radius 1 is 1.60 bits per heavy atom. The molecule has 4 heteroatoms. The Morgan fingerprint density at radius 3 is 2.20 bits per heavy atom. The van der Waals surface area contributed by atoms with Crippen molar-refractivity contribution in [2.24, 2.45) is 5.92 Å². The van der Waals surface area contributed by atoms with E-state index in [4.69, 9.17) is 15.3 Å². The monoisotopic (exact) mass is 148 g/mol. The zero-order valence-electron chi connectivity index (χ0n) is 5.82. The highest BCUT2D eigenvalue weighted by Gasteiger charge is 2.23. The maximum atomic E-state index is 10.3. The maximum absolute atomic E-state index is 10.3. The second-order valence-corrected chi connectivity index (χ2v) is 2.10. The molecule has 0 aromatic heterocycles. The number of aliphatic carboxylic acids is 1.